The van der Waals surface area contributed by atoms with Gasteiger partial charge >= 0.3 is 0 Å². The van der Waals surface area contributed by atoms with Crippen LogP contribution in [0.3, 0.4) is 0 Å². The minimum atomic E-state index is -3.42. The van der Waals surface area contributed by atoms with E-state index < -0.39 is 10.1 Å². The van der Waals surface area contributed by atoms with Crippen LogP contribution in [0, 0.1) is 18.3 Å². The molecule has 0 unspecified atom stereocenters. The first-order valence-electron chi connectivity index (χ1n) is 7.37. The standard InChI is InChI=1S/C16H17BrN2O3S/c1-10-5-16-14(6-11(10)8-18)15(17)9-19(16)12-3-4-13(7-12)22-23(2,20)21/h5-6,9,12-13H,3-4,7H2,1-2H3/t12-,13-/m1/s1. The predicted molar refractivity (Wildman–Crippen MR) is 91.7 cm³/mol. The summed E-state index contributed by atoms with van der Waals surface area (Å²) in [5, 5.41) is 10.2. The van der Waals surface area contributed by atoms with Crippen LogP contribution < -0.4 is 0 Å². The van der Waals surface area contributed by atoms with E-state index >= 15 is 0 Å². The average Bonchev–Trinajstić information content (AvgIpc) is 3.01. The summed E-state index contributed by atoms with van der Waals surface area (Å²) in [6, 6.07) is 6.32. The molecular weight excluding hydrogens is 380 g/mol. The molecule has 0 aliphatic heterocycles. The molecule has 2 atom stereocenters. The van der Waals surface area contributed by atoms with E-state index in [0.29, 0.717) is 12.0 Å². The second-order valence-corrected chi connectivity index (χ2v) is 8.52. The molecule has 0 spiro atoms. The van der Waals surface area contributed by atoms with Gasteiger partial charge in [-0.25, -0.2) is 0 Å². The van der Waals surface area contributed by atoms with Gasteiger partial charge in [-0.15, -0.1) is 0 Å². The van der Waals surface area contributed by atoms with Crippen molar-refractivity contribution in [3.8, 4) is 6.07 Å². The van der Waals surface area contributed by atoms with Crippen molar-refractivity contribution in [3.05, 3.63) is 33.9 Å². The molecule has 5 nitrogen and oxygen atoms in total. The molecule has 1 aromatic heterocycles. The summed E-state index contributed by atoms with van der Waals surface area (Å²) in [6.45, 7) is 1.92. The van der Waals surface area contributed by atoms with E-state index in [1.54, 1.807) is 0 Å². The number of benzene rings is 1. The molecule has 7 heteroatoms. The Morgan fingerprint density at radius 2 is 2.13 bits per heavy atom. The van der Waals surface area contributed by atoms with Gasteiger partial charge < -0.3 is 4.57 Å². The monoisotopic (exact) mass is 396 g/mol. The summed E-state index contributed by atoms with van der Waals surface area (Å²) >= 11 is 3.56. The molecule has 0 amide bonds. The lowest BCUT2D eigenvalue weighted by Gasteiger charge is -2.15. The molecule has 23 heavy (non-hydrogen) atoms. The fourth-order valence-corrected chi connectivity index (χ4v) is 4.49. The highest BCUT2D eigenvalue weighted by Gasteiger charge is 2.30. The zero-order valence-corrected chi connectivity index (χ0v) is 15.3. The van der Waals surface area contributed by atoms with E-state index in [9.17, 15) is 13.7 Å². The second kappa shape index (κ2) is 5.93. The van der Waals surface area contributed by atoms with Crippen LogP contribution in [-0.2, 0) is 14.3 Å². The Balaban J connectivity index is 1.96. The summed E-state index contributed by atoms with van der Waals surface area (Å²) in [6.07, 6.45) is 5.11. The normalized spacial score (nSPS) is 21.7. The Morgan fingerprint density at radius 3 is 2.78 bits per heavy atom. The van der Waals surface area contributed by atoms with Gasteiger partial charge in [0.2, 0.25) is 0 Å². The number of halogens is 1. The third kappa shape index (κ3) is 3.30. The average molecular weight is 397 g/mol. The largest absolute Gasteiger partial charge is 0.343 e. The Morgan fingerprint density at radius 1 is 1.39 bits per heavy atom. The van der Waals surface area contributed by atoms with E-state index in [1.165, 1.54) is 0 Å². The van der Waals surface area contributed by atoms with Gasteiger partial charge in [0.25, 0.3) is 10.1 Å². The van der Waals surface area contributed by atoms with Gasteiger partial charge in [0, 0.05) is 27.6 Å². The predicted octanol–water partition coefficient (Wildman–Crippen LogP) is 3.65. The van der Waals surface area contributed by atoms with Gasteiger partial charge in [-0.05, 0) is 59.8 Å². The molecule has 0 N–H and O–H groups in total. The maximum atomic E-state index is 11.3. The molecule has 2 aromatic rings. The fourth-order valence-electron chi connectivity index (χ4n) is 3.29. The smallest absolute Gasteiger partial charge is 0.264 e. The molecule has 0 radical (unpaired) electrons. The van der Waals surface area contributed by atoms with E-state index in [2.05, 4.69) is 26.6 Å². The van der Waals surface area contributed by atoms with Crippen molar-refractivity contribution in [1.82, 2.24) is 4.57 Å². The van der Waals surface area contributed by atoms with Crippen molar-refractivity contribution in [2.75, 3.05) is 6.26 Å². The Labute approximate surface area is 144 Å². The summed E-state index contributed by atoms with van der Waals surface area (Å²) < 4.78 is 30.8. The molecule has 1 aliphatic rings. The van der Waals surface area contributed by atoms with E-state index in [4.69, 9.17) is 4.18 Å². The van der Waals surface area contributed by atoms with Crippen LogP contribution in [0.25, 0.3) is 10.9 Å². The Kier molecular flexibility index (Phi) is 4.25. The molecule has 0 saturated heterocycles. The van der Waals surface area contributed by atoms with Crippen LogP contribution in [0.5, 0.6) is 0 Å². The van der Waals surface area contributed by atoms with Crippen molar-refractivity contribution >= 4 is 37.0 Å². The minimum Gasteiger partial charge on any atom is -0.343 e. The fraction of sp³-hybridized carbons (Fsp3) is 0.438. The van der Waals surface area contributed by atoms with Gasteiger partial charge in [0.05, 0.1) is 24.0 Å². The highest BCUT2D eigenvalue weighted by Crippen LogP contribution is 2.38. The van der Waals surface area contributed by atoms with Crippen molar-refractivity contribution < 1.29 is 12.6 Å². The number of aromatic nitrogens is 1. The highest BCUT2D eigenvalue weighted by atomic mass is 79.9. The van der Waals surface area contributed by atoms with Crippen LogP contribution in [0.1, 0.15) is 36.4 Å². The number of aryl methyl sites for hydroxylation is 1. The van der Waals surface area contributed by atoms with E-state index in [0.717, 1.165) is 40.0 Å². The quantitative estimate of drug-likeness (QED) is 0.742. The molecule has 122 valence electrons. The van der Waals surface area contributed by atoms with Crippen LogP contribution >= 0.6 is 15.9 Å². The first-order chi connectivity index (χ1) is 10.8. The Hall–Kier alpha value is -1.36. The third-order valence-corrected chi connectivity index (χ3v) is 5.57. The van der Waals surface area contributed by atoms with Crippen molar-refractivity contribution in [2.24, 2.45) is 0 Å². The summed E-state index contributed by atoms with van der Waals surface area (Å²) in [5.74, 6) is 0. The second-order valence-electron chi connectivity index (χ2n) is 6.07. The van der Waals surface area contributed by atoms with Gasteiger partial charge in [0.15, 0.2) is 0 Å². The molecular formula is C16H17BrN2O3S. The van der Waals surface area contributed by atoms with E-state index in [-0.39, 0.29) is 12.1 Å². The number of hydrogen-bond donors (Lipinski definition) is 0. The summed E-state index contributed by atoms with van der Waals surface area (Å²) in [5.41, 5.74) is 2.66. The van der Waals surface area contributed by atoms with Gasteiger partial charge in [-0.2, -0.15) is 13.7 Å². The number of hydrogen-bond acceptors (Lipinski definition) is 4. The highest BCUT2D eigenvalue weighted by molar-refractivity contribution is 9.10. The first kappa shape index (κ1) is 16.5. The van der Waals surface area contributed by atoms with Gasteiger partial charge in [-0.3, -0.25) is 4.18 Å². The van der Waals surface area contributed by atoms with Crippen molar-refractivity contribution in [2.45, 2.75) is 38.3 Å². The summed E-state index contributed by atoms with van der Waals surface area (Å²) in [4.78, 5) is 0. The number of nitriles is 1. The molecule has 1 aromatic carbocycles. The number of fused-ring (bicyclic) bond motifs is 1. The van der Waals surface area contributed by atoms with Gasteiger partial charge in [-0.1, -0.05) is 0 Å². The van der Waals surface area contributed by atoms with Crippen LogP contribution in [0.4, 0.5) is 0 Å². The van der Waals surface area contributed by atoms with Crippen LogP contribution in [-0.4, -0.2) is 25.3 Å². The lowest BCUT2D eigenvalue weighted by atomic mass is 10.1. The van der Waals surface area contributed by atoms with Crippen LogP contribution in [0.2, 0.25) is 0 Å². The minimum absolute atomic E-state index is 0.197. The SMILES string of the molecule is Cc1cc2c(cc1C#N)c(Br)cn2[C@@H]1CC[C@@H](OS(C)(=O)=O)C1. The molecule has 0 bridgehead atoms. The van der Waals surface area contributed by atoms with Crippen molar-refractivity contribution in [1.29, 1.82) is 5.26 Å². The molecule has 3 rings (SSSR count). The van der Waals surface area contributed by atoms with Gasteiger partial charge in [0.1, 0.15) is 0 Å². The lowest BCUT2D eigenvalue weighted by Crippen LogP contribution is -2.15. The lowest BCUT2D eigenvalue weighted by molar-refractivity contribution is 0.214. The third-order valence-electron chi connectivity index (χ3n) is 4.31. The zero-order chi connectivity index (χ0) is 16.8. The maximum Gasteiger partial charge on any atom is 0.264 e. The number of rotatable bonds is 3. The number of nitrogens with zero attached hydrogens (tertiary/aromatic N) is 2. The topological polar surface area (TPSA) is 72.1 Å². The molecule has 1 heterocycles. The van der Waals surface area contributed by atoms with Crippen LogP contribution in [0.15, 0.2) is 22.8 Å². The molecule has 1 fully saturated rings. The van der Waals surface area contributed by atoms with E-state index in [1.807, 2.05) is 25.3 Å². The molecule has 1 saturated carbocycles. The Bertz CT molecular complexity index is 912. The summed E-state index contributed by atoms with van der Waals surface area (Å²) in [7, 11) is -3.42. The zero-order valence-electron chi connectivity index (χ0n) is 12.9. The maximum absolute atomic E-state index is 11.3. The van der Waals surface area contributed by atoms with Crippen molar-refractivity contribution in [3.63, 3.8) is 0 Å². The first-order valence-corrected chi connectivity index (χ1v) is 9.98. The molecule has 1 aliphatic carbocycles.